The average molecular weight is 184 g/mol. The molecule has 0 bridgehead atoms. The summed E-state index contributed by atoms with van der Waals surface area (Å²) in [7, 11) is 0. The Bertz CT molecular complexity index is 252. The molecule has 0 saturated carbocycles. The van der Waals surface area contributed by atoms with E-state index in [1.54, 1.807) is 0 Å². The Labute approximate surface area is 76.3 Å². The molecule has 0 saturated heterocycles. The molecule has 1 amide bonds. The van der Waals surface area contributed by atoms with Crippen LogP contribution in [0.3, 0.4) is 0 Å². The number of nitrogens with one attached hydrogen (secondary N) is 1. The summed E-state index contributed by atoms with van der Waals surface area (Å²) in [5, 5.41) is 10.9. The van der Waals surface area contributed by atoms with Crippen molar-refractivity contribution in [3.63, 3.8) is 0 Å². The van der Waals surface area contributed by atoms with Gasteiger partial charge in [-0.05, 0) is 0 Å². The Hall–Kier alpha value is -1.54. The van der Waals surface area contributed by atoms with Crippen molar-refractivity contribution >= 4 is 11.9 Å². The van der Waals surface area contributed by atoms with Gasteiger partial charge >= 0.3 is 5.97 Å². The molecule has 4 N–H and O–H groups in total. The minimum atomic E-state index is -1.10. The predicted molar refractivity (Wildman–Crippen MR) is 46.7 cm³/mol. The summed E-state index contributed by atoms with van der Waals surface area (Å²) in [5.74, 6) is 3.59. The SMILES string of the molecule is CC(=O)NC(CC#CCN)C(=O)O. The maximum absolute atomic E-state index is 10.5. The standard InChI is InChI=1S/C8H12N2O3/c1-6(11)10-7(8(12)13)4-2-3-5-9/h7H,4-5,9H2,1H3,(H,10,11)(H,12,13). The Morgan fingerprint density at radius 2 is 2.15 bits per heavy atom. The topological polar surface area (TPSA) is 92.4 Å². The molecule has 0 radical (unpaired) electrons. The van der Waals surface area contributed by atoms with Crippen molar-refractivity contribution in [2.75, 3.05) is 6.54 Å². The van der Waals surface area contributed by atoms with Crippen LogP contribution in [0.25, 0.3) is 0 Å². The summed E-state index contributed by atoms with van der Waals surface area (Å²) in [6.45, 7) is 1.44. The highest BCUT2D eigenvalue weighted by Gasteiger charge is 2.16. The largest absolute Gasteiger partial charge is 0.480 e. The third-order valence-corrected chi connectivity index (χ3v) is 1.21. The van der Waals surface area contributed by atoms with Gasteiger partial charge in [-0.15, -0.1) is 0 Å². The number of carbonyl (C=O) groups is 2. The van der Waals surface area contributed by atoms with E-state index in [1.807, 2.05) is 0 Å². The summed E-state index contributed by atoms with van der Waals surface area (Å²) in [6.07, 6.45) is 0.0755. The van der Waals surface area contributed by atoms with Crippen molar-refractivity contribution in [1.82, 2.24) is 5.32 Å². The molecule has 0 fully saturated rings. The minimum absolute atomic E-state index is 0.0755. The predicted octanol–water partition coefficient (Wildman–Crippen LogP) is -1.07. The zero-order valence-corrected chi connectivity index (χ0v) is 7.33. The Morgan fingerprint density at radius 1 is 1.54 bits per heavy atom. The third kappa shape index (κ3) is 5.70. The fourth-order valence-corrected chi connectivity index (χ4v) is 0.692. The molecule has 0 rings (SSSR count). The van der Waals surface area contributed by atoms with Crippen molar-refractivity contribution in [2.24, 2.45) is 5.73 Å². The van der Waals surface area contributed by atoms with Crippen molar-refractivity contribution in [3.05, 3.63) is 0 Å². The lowest BCUT2D eigenvalue weighted by Crippen LogP contribution is -2.39. The molecule has 72 valence electrons. The smallest absolute Gasteiger partial charge is 0.327 e. The summed E-state index contributed by atoms with van der Waals surface area (Å²) < 4.78 is 0. The van der Waals surface area contributed by atoms with Crippen LogP contribution < -0.4 is 11.1 Å². The number of rotatable bonds is 3. The van der Waals surface area contributed by atoms with E-state index < -0.39 is 12.0 Å². The van der Waals surface area contributed by atoms with Gasteiger partial charge in [0.05, 0.1) is 6.54 Å². The second kappa shape index (κ2) is 6.03. The van der Waals surface area contributed by atoms with Crippen LogP contribution in [0.1, 0.15) is 13.3 Å². The summed E-state index contributed by atoms with van der Waals surface area (Å²) in [5.41, 5.74) is 5.08. The minimum Gasteiger partial charge on any atom is -0.480 e. The Morgan fingerprint density at radius 3 is 2.54 bits per heavy atom. The van der Waals surface area contributed by atoms with Crippen molar-refractivity contribution < 1.29 is 14.7 Å². The molecule has 0 aromatic carbocycles. The lowest BCUT2D eigenvalue weighted by Gasteiger charge is -2.08. The van der Waals surface area contributed by atoms with E-state index >= 15 is 0 Å². The van der Waals surface area contributed by atoms with E-state index in [-0.39, 0.29) is 18.9 Å². The first-order chi connectivity index (χ1) is 6.07. The molecule has 0 aromatic rings. The molecule has 1 atom stereocenters. The van der Waals surface area contributed by atoms with Gasteiger partial charge in [0.25, 0.3) is 0 Å². The quantitative estimate of drug-likeness (QED) is 0.487. The van der Waals surface area contributed by atoms with Crippen molar-refractivity contribution in [3.8, 4) is 11.8 Å². The molecule has 0 aliphatic rings. The molecule has 0 aliphatic carbocycles. The van der Waals surface area contributed by atoms with E-state index in [2.05, 4.69) is 17.2 Å². The highest BCUT2D eigenvalue weighted by molar-refractivity contribution is 5.82. The molecule has 1 unspecified atom stereocenters. The fraction of sp³-hybridized carbons (Fsp3) is 0.500. The monoisotopic (exact) mass is 184 g/mol. The number of aliphatic carboxylic acids is 1. The maximum atomic E-state index is 10.5. The second-order valence-corrected chi connectivity index (χ2v) is 2.35. The van der Waals surface area contributed by atoms with E-state index in [1.165, 1.54) is 6.92 Å². The number of carbonyl (C=O) groups excluding carboxylic acids is 1. The highest BCUT2D eigenvalue weighted by atomic mass is 16.4. The van der Waals surface area contributed by atoms with Gasteiger partial charge in [-0.25, -0.2) is 4.79 Å². The molecule has 0 aromatic heterocycles. The number of carboxylic acid groups (broad SMARTS) is 1. The van der Waals surface area contributed by atoms with Gasteiger partial charge in [0.2, 0.25) is 5.91 Å². The third-order valence-electron chi connectivity index (χ3n) is 1.21. The van der Waals surface area contributed by atoms with Crippen LogP contribution >= 0.6 is 0 Å². The van der Waals surface area contributed by atoms with Crippen LogP contribution in [0.5, 0.6) is 0 Å². The fourth-order valence-electron chi connectivity index (χ4n) is 0.692. The first-order valence-electron chi connectivity index (χ1n) is 3.73. The summed E-state index contributed by atoms with van der Waals surface area (Å²) in [4.78, 5) is 21.1. The molecule has 5 heteroatoms. The number of carboxylic acids is 1. The van der Waals surface area contributed by atoms with Crippen LogP contribution in [0.15, 0.2) is 0 Å². The zero-order chi connectivity index (χ0) is 10.3. The molecule has 0 spiro atoms. The van der Waals surface area contributed by atoms with Gasteiger partial charge in [0, 0.05) is 13.3 Å². The van der Waals surface area contributed by atoms with Gasteiger partial charge in [0.15, 0.2) is 0 Å². The van der Waals surface area contributed by atoms with Gasteiger partial charge in [-0.3, -0.25) is 4.79 Å². The molecule has 5 nitrogen and oxygen atoms in total. The number of amides is 1. The lowest BCUT2D eigenvalue weighted by atomic mass is 10.2. The van der Waals surface area contributed by atoms with Crippen LogP contribution in [0.4, 0.5) is 0 Å². The Balaban J connectivity index is 4.10. The van der Waals surface area contributed by atoms with E-state index in [4.69, 9.17) is 10.8 Å². The zero-order valence-electron chi connectivity index (χ0n) is 7.33. The number of hydrogen-bond acceptors (Lipinski definition) is 3. The number of hydrogen-bond donors (Lipinski definition) is 3. The van der Waals surface area contributed by atoms with Gasteiger partial charge in [-0.1, -0.05) is 11.8 Å². The van der Waals surface area contributed by atoms with Crippen LogP contribution in [-0.4, -0.2) is 29.6 Å². The first-order valence-corrected chi connectivity index (χ1v) is 3.73. The molecule has 0 aliphatic heterocycles. The normalized spacial score (nSPS) is 10.9. The van der Waals surface area contributed by atoms with E-state index in [9.17, 15) is 9.59 Å². The second-order valence-electron chi connectivity index (χ2n) is 2.35. The van der Waals surface area contributed by atoms with E-state index in [0.717, 1.165) is 0 Å². The molecule has 13 heavy (non-hydrogen) atoms. The van der Waals surface area contributed by atoms with E-state index in [0.29, 0.717) is 0 Å². The molecular weight excluding hydrogens is 172 g/mol. The van der Waals surface area contributed by atoms with Gasteiger partial charge in [0.1, 0.15) is 6.04 Å². The van der Waals surface area contributed by atoms with Gasteiger partial charge in [-0.2, -0.15) is 0 Å². The van der Waals surface area contributed by atoms with Crippen molar-refractivity contribution in [1.29, 1.82) is 0 Å². The highest BCUT2D eigenvalue weighted by Crippen LogP contribution is 1.90. The Kier molecular flexibility index (Phi) is 5.32. The van der Waals surface area contributed by atoms with Crippen LogP contribution in [0.2, 0.25) is 0 Å². The van der Waals surface area contributed by atoms with Crippen molar-refractivity contribution in [2.45, 2.75) is 19.4 Å². The maximum Gasteiger partial charge on any atom is 0.327 e. The lowest BCUT2D eigenvalue weighted by molar-refractivity contribution is -0.141. The summed E-state index contributed by atoms with van der Waals surface area (Å²) in [6, 6.07) is -0.948. The summed E-state index contributed by atoms with van der Waals surface area (Å²) >= 11 is 0. The van der Waals surface area contributed by atoms with Gasteiger partial charge < -0.3 is 16.2 Å². The molecular formula is C8H12N2O3. The van der Waals surface area contributed by atoms with Crippen LogP contribution in [-0.2, 0) is 9.59 Å². The van der Waals surface area contributed by atoms with Crippen LogP contribution in [0, 0.1) is 11.8 Å². The first kappa shape index (κ1) is 11.5. The molecule has 0 heterocycles. The average Bonchev–Trinajstić information content (AvgIpc) is 2.02. The number of nitrogens with two attached hydrogens (primary N) is 1.